The summed E-state index contributed by atoms with van der Waals surface area (Å²) in [6.07, 6.45) is 4.83. The molecule has 0 radical (unpaired) electrons. The highest BCUT2D eigenvalue weighted by Gasteiger charge is 2.33. The van der Waals surface area contributed by atoms with E-state index in [1.165, 1.54) is 37.9 Å². The molecule has 2 N–H and O–H groups in total. The van der Waals surface area contributed by atoms with Crippen molar-refractivity contribution in [2.75, 3.05) is 13.1 Å². The molecule has 2 nitrogen and oxygen atoms in total. The minimum Gasteiger partial charge on any atom is -0.326 e. The Bertz CT molecular complexity index is 411. The quantitative estimate of drug-likeness (QED) is 0.915. The molecule has 1 unspecified atom stereocenters. The van der Waals surface area contributed by atoms with Gasteiger partial charge in [0.2, 0.25) is 0 Å². The van der Waals surface area contributed by atoms with Crippen molar-refractivity contribution < 1.29 is 0 Å². The zero-order valence-electron chi connectivity index (χ0n) is 12.0. The average molecular weight is 281 g/mol. The highest BCUT2D eigenvalue weighted by atomic mass is 35.5. The second-order valence-electron chi connectivity index (χ2n) is 6.14. The van der Waals surface area contributed by atoms with Gasteiger partial charge in [-0.15, -0.1) is 0 Å². The van der Waals surface area contributed by atoms with Gasteiger partial charge >= 0.3 is 0 Å². The topological polar surface area (TPSA) is 29.3 Å². The summed E-state index contributed by atoms with van der Waals surface area (Å²) >= 11 is 6.04. The number of nitrogens with zero attached hydrogens (tertiary/aromatic N) is 1. The lowest BCUT2D eigenvalue weighted by Crippen LogP contribution is -2.58. The molecule has 1 heterocycles. The lowest BCUT2D eigenvalue weighted by atomic mass is 9.87. The van der Waals surface area contributed by atoms with Gasteiger partial charge in [-0.25, -0.2) is 0 Å². The predicted octanol–water partition coefficient (Wildman–Crippen LogP) is 3.47. The Labute approximate surface area is 121 Å². The second kappa shape index (κ2) is 6.25. The van der Waals surface area contributed by atoms with Gasteiger partial charge in [-0.3, -0.25) is 4.90 Å². The monoisotopic (exact) mass is 280 g/mol. The highest BCUT2D eigenvalue weighted by molar-refractivity contribution is 6.30. The van der Waals surface area contributed by atoms with Crippen LogP contribution in [0.4, 0.5) is 0 Å². The minimum absolute atomic E-state index is 0.0444. The zero-order chi connectivity index (χ0) is 13.9. The van der Waals surface area contributed by atoms with Crippen LogP contribution in [0, 0.1) is 0 Å². The molecule has 1 atom stereocenters. The molecule has 1 aliphatic rings. The summed E-state index contributed by atoms with van der Waals surface area (Å²) in [5, 5.41) is 0.792. The molecule has 0 bridgehead atoms. The van der Waals surface area contributed by atoms with Crippen LogP contribution in [0.15, 0.2) is 24.3 Å². The summed E-state index contributed by atoms with van der Waals surface area (Å²) in [6, 6.07) is 8.17. The summed E-state index contributed by atoms with van der Waals surface area (Å²) in [5.74, 6) is 0. The van der Waals surface area contributed by atoms with Crippen LogP contribution in [0.5, 0.6) is 0 Å². The molecule has 1 saturated heterocycles. The molecule has 1 aromatic rings. The van der Waals surface area contributed by atoms with Crippen molar-refractivity contribution in [3.05, 3.63) is 34.9 Å². The fourth-order valence-electron chi connectivity index (χ4n) is 2.87. The Morgan fingerprint density at radius 1 is 1.26 bits per heavy atom. The molecule has 2 rings (SSSR count). The van der Waals surface area contributed by atoms with E-state index in [-0.39, 0.29) is 11.6 Å². The molecule has 0 aromatic heterocycles. The number of benzene rings is 1. The van der Waals surface area contributed by atoms with E-state index >= 15 is 0 Å². The molecule has 0 aliphatic carbocycles. The van der Waals surface area contributed by atoms with Crippen molar-refractivity contribution in [1.82, 2.24) is 4.90 Å². The fraction of sp³-hybridized carbons (Fsp3) is 0.625. The molecule has 0 amide bonds. The summed E-state index contributed by atoms with van der Waals surface area (Å²) in [5.41, 5.74) is 7.75. The number of hydrogen-bond donors (Lipinski definition) is 1. The van der Waals surface area contributed by atoms with Crippen LogP contribution >= 0.6 is 11.6 Å². The van der Waals surface area contributed by atoms with Crippen molar-refractivity contribution in [3.8, 4) is 0 Å². The first-order chi connectivity index (χ1) is 9.00. The normalized spacial score (nSPS) is 19.4. The number of halogens is 1. The van der Waals surface area contributed by atoms with Gasteiger partial charge in [0.15, 0.2) is 0 Å². The molecule has 0 spiro atoms. The smallest absolute Gasteiger partial charge is 0.0408 e. The van der Waals surface area contributed by atoms with E-state index in [2.05, 4.69) is 24.8 Å². The van der Waals surface area contributed by atoms with E-state index in [1.54, 1.807) is 0 Å². The van der Waals surface area contributed by atoms with Crippen molar-refractivity contribution in [3.63, 3.8) is 0 Å². The zero-order valence-corrected chi connectivity index (χ0v) is 12.8. The second-order valence-corrected chi connectivity index (χ2v) is 6.58. The highest BCUT2D eigenvalue weighted by Crippen LogP contribution is 2.25. The molecule has 3 heteroatoms. The molecular formula is C16H25ClN2. The summed E-state index contributed by atoms with van der Waals surface area (Å²) < 4.78 is 0. The summed E-state index contributed by atoms with van der Waals surface area (Å²) in [7, 11) is 0. The van der Waals surface area contributed by atoms with E-state index in [0.717, 1.165) is 11.4 Å². The lowest BCUT2D eigenvalue weighted by molar-refractivity contribution is 0.0731. The number of hydrogen-bond acceptors (Lipinski definition) is 2. The van der Waals surface area contributed by atoms with E-state index in [0.29, 0.717) is 0 Å². The number of likely N-dealkylation sites (tertiary alicyclic amines) is 1. The van der Waals surface area contributed by atoms with Gasteiger partial charge in [0.25, 0.3) is 0 Å². The summed E-state index contributed by atoms with van der Waals surface area (Å²) in [6.45, 7) is 6.90. The largest absolute Gasteiger partial charge is 0.326 e. The Balaban J connectivity index is 2.03. The Morgan fingerprint density at radius 3 is 2.58 bits per heavy atom. The lowest BCUT2D eigenvalue weighted by Gasteiger charge is -2.44. The van der Waals surface area contributed by atoms with Crippen molar-refractivity contribution in [2.45, 2.75) is 51.1 Å². The van der Waals surface area contributed by atoms with Crippen molar-refractivity contribution in [1.29, 1.82) is 0 Å². The molecule has 1 aliphatic heterocycles. The number of nitrogens with two attached hydrogens (primary N) is 1. The van der Waals surface area contributed by atoms with E-state index in [9.17, 15) is 0 Å². The first-order valence-corrected chi connectivity index (χ1v) is 7.63. The van der Waals surface area contributed by atoms with Crippen molar-refractivity contribution >= 4 is 11.6 Å². The van der Waals surface area contributed by atoms with Crippen LogP contribution in [0.2, 0.25) is 5.02 Å². The van der Waals surface area contributed by atoms with Gasteiger partial charge in [0, 0.05) is 16.6 Å². The number of piperidine rings is 1. The molecule has 1 fully saturated rings. The first-order valence-electron chi connectivity index (χ1n) is 7.25. The van der Waals surface area contributed by atoms with Crippen LogP contribution in [0.25, 0.3) is 0 Å². The van der Waals surface area contributed by atoms with Gasteiger partial charge in [0.1, 0.15) is 0 Å². The van der Waals surface area contributed by atoms with Crippen LogP contribution in [0.1, 0.15) is 38.7 Å². The van der Waals surface area contributed by atoms with Crippen LogP contribution < -0.4 is 5.73 Å². The van der Waals surface area contributed by atoms with Crippen LogP contribution in [-0.4, -0.2) is 29.6 Å². The van der Waals surface area contributed by atoms with Crippen LogP contribution in [-0.2, 0) is 6.42 Å². The molecule has 106 valence electrons. The maximum Gasteiger partial charge on any atom is 0.0408 e. The van der Waals surface area contributed by atoms with Crippen molar-refractivity contribution in [2.24, 2.45) is 5.73 Å². The maximum absolute atomic E-state index is 6.48. The first kappa shape index (κ1) is 14.8. The third-order valence-electron chi connectivity index (χ3n) is 4.42. The van der Waals surface area contributed by atoms with E-state index in [1.807, 2.05) is 18.2 Å². The summed E-state index contributed by atoms with van der Waals surface area (Å²) in [4.78, 5) is 2.55. The fourth-order valence-corrected chi connectivity index (χ4v) is 3.09. The Morgan fingerprint density at radius 2 is 1.95 bits per heavy atom. The van der Waals surface area contributed by atoms with E-state index < -0.39 is 0 Å². The standard InChI is InChI=1S/C16H25ClN2/c1-16(2,19-9-4-3-5-10-19)15(18)12-13-7-6-8-14(17)11-13/h6-8,11,15H,3-5,9-10,12,18H2,1-2H3. The van der Waals surface area contributed by atoms with Gasteiger partial charge in [-0.2, -0.15) is 0 Å². The Kier molecular flexibility index (Phi) is 4.88. The van der Waals surface area contributed by atoms with Gasteiger partial charge in [0.05, 0.1) is 0 Å². The van der Waals surface area contributed by atoms with Crippen LogP contribution in [0.3, 0.4) is 0 Å². The molecular weight excluding hydrogens is 256 g/mol. The third-order valence-corrected chi connectivity index (χ3v) is 4.66. The predicted molar refractivity (Wildman–Crippen MR) is 82.6 cm³/mol. The molecule has 0 saturated carbocycles. The molecule has 19 heavy (non-hydrogen) atoms. The van der Waals surface area contributed by atoms with Gasteiger partial charge < -0.3 is 5.73 Å². The average Bonchev–Trinajstić information content (AvgIpc) is 2.39. The molecule has 1 aromatic carbocycles. The minimum atomic E-state index is 0.0444. The Hall–Kier alpha value is -0.570. The van der Waals surface area contributed by atoms with Gasteiger partial charge in [-0.1, -0.05) is 30.2 Å². The number of rotatable bonds is 4. The third kappa shape index (κ3) is 3.71. The van der Waals surface area contributed by atoms with E-state index in [4.69, 9.17) is 17.3 Å². The SMILES string of the molecule is CC(C)(C(N)Cc1cccc(Cl)c1)N1CCCCC1. The van der Waals surface area contributed by atoms with Gasteiger partial charge in [-0.05, 0) is 63.9 Å². The maximum atomic E-state index is 6.48.